The lowest BCUT2D eigenvalue weighted by Crippen LogP contribution is -2.17. The van der Waals surface area contributed by atoms with E-state index < -0.39 is 34.8 Å². The number of hydrogen-bond acceptors (Lipinski definition) is 2. The summed E-state index contributed by atoms with van der Waals surface area (Å²) >= 11 is 0. The molecule has 0 aromatic heterocycles. The minimum atomic E-state index is -2.06. The van der Waals surface area contributed by atoms with E-state index in [-0.39, 0.29) is 11.1 Å². The van der Waals surface area contributed by atoms with Crippen LogP contribution in [0, 0.1) is 17.5 Å². The lowest BCUT2D eigenvalue weighted by molar-refractivity contribution is -0.131. The number of aliphatic carboxylic acids is 1. The van der Waals surface area contributed by atoms with Gasteiger partial charge in [-0.3, -0.25) is 4.79 Å². The fourth-order valence-corrected chi connectivity index (χ4v) is 1.74. The number of halogens is 3. The van der Waals surface area contributed by atoms with Gasteiger partial charge in [0.1, 0.15) is 11.4 Å². The van der Waals surface area contributed by atoms with Gasteiger partial charge < -0.3 is 5.11 Å². The van der Waals surface area contributed by atoms with Crippen molar-refractivity contribution in [2.75, 3.05) is 0 Å². The normalized spacial score (nSPS) is 10.3. The molecule has 20 heavy (non-hydrogen) atoms. The van der Waals surface area contributed by atoms with Crippen LogP contribution in [0.3, 0.4) is 0 Å². The molecule has 0 aliphatic rings. The number of carboxylic acid groups (broad SMARTS) is 1. The second-order valence-corrected chi connectivity index (χ2v) is 3.91. The molecule has 0 saturated carbocycles. The minimum absolute atomic E-state index is 0.206. The zero-order chi connectivity index (χ0) is 14.9. The molecule has 0 saturated heterocycles. The van der Waals surface area contributed by atoms with Crippen LogP contribution in [0.25, 0.3) is 11.1 Å². The van der Waals surface area contributed by atoms with E-state index in [0.29, 0.717) is 6.07 Å². The molecule has 6 heteroatoms. The lowest BCUT2D eigenvalue weighted by Gasteiger charge is -2.08. The van der Waals surface area contributed by atoms with E-state index in [1.807, 2.05) is 0 Å². The van der Waals surface area contributed by atoms with Gasteiger partial charge in [-0.05, 0) is 11.6 Å². The van der Waals surface area contributed by atoms with E-state index >= 15 is 0 Å². The van der Waals surface area contributed by atoms with Gasteiger partial charge in [0.2, 0.25) is 0 Å². The van der Waals surface area contributed by atoms with Crippen molar-refractivity contribution in [3.8, 4) is 11.1 Å². The van der Waals surface area contributed by atoms with Gasteiger partial charge in [-0.15, -0.1) is 0 Å². The highest BCUT2D eigenvalue weighted by Gasteiger charge is 2.28. The van der Waals surface area contributed by atoms with E-state index in [4.69, 9.17) is 5.11 Å². The maximum Gasteiger partial charge on any atom is 0.377 e. The van der Waals surface area contributed by atoms with Crippen LogP contribution in [0.5, 0.6) is 0 Å². The molecule has 0 aliphatic heterocycles. The molecule has 2 aromatic rings. The SMILES string of the molecule is O=C(O)C(=O)c1c(F)cc(-c2ccccc2)c(F)c1F. The third-order valence-electron chi connectivity index (χ3n) is 2.66. The van der Waals surface area contributed by atoms with Crippen molar-refractivity contribution in [3.63, 3.8) is 0 Å². The topological polar surface area (TPSA) is 54.4 Å². The number of hydrogen-bond donors (Lipinski definition) is 1. The molecule has 102 valence electrons. The first-order valence-corrected chi connectivity index (χ1v) is 5.44. The summed E-state index contributed by atoms with van der Waals surface area (Å²) in [4.78, 5) is 21.6. The highest BCUT2D eigenvalue weighted by Crippen LogP contribution is 2.28. The van der Waals surface area contributed by atoms with Gasteiger partial charge in [0.05, 0.1) is 0 Å². The van der Waals surface area contributed by atoms with Crippen molar-refractivity contribution in [2.45, 2.75) is 0 Å². The first-order chi connectivity index (χ1) is 9.43. The van der Waals surface area contributed by atoms with E-state index in [1.165, 1.54) is 12.1 Å². The van der Waals surface area contributed by atoms with Crippen molar-refractivity contribution >= 4 is 11.8 Å². The Bertz CT molecular complexity index is 697. The Labute approximate surface area is 111 Å². The molecule has 0 spiro atoms. The first-order valence-electron chi connectivity index (χ1n) is 5.44. The maximum atomic E-state index is 13.9. The van der Waals surface area contributed by atoms with Crippen LogP contribution in [0.15, 0.2) is 36.4 Å². The van der Waals surface area contributed by atoms with Crippen molar-refractivity contribution in [1.29, 1.82) is 0 Å². The van der Waals surface area contributed by atoms with E-state index in [2.05, 4.69) is 0 Å². The number of rotatable bonds is 3. The smallest absolute Gasteiger partial charge is 0.377 e. The quantitative estimate of drug-likeness (QED) is 0.534. The molecule has 2 rings (SSSR count). The van der Waals surface area contributed by atoms with Crippen LogP contribution < -0.4 is 0 Å². The van der Waals surface area contributed by atoms with Crippen molar-refractivity contribution < 1.29 is 27.9 Å². The summed E-state index contributed by atoms with van der Waals surface area (Å²) in [6.45, 7) is 0. The fraction of sp³-hybridized carbons (Fsp3) is 0. The number of benzene rings is 2. The molecule has 2 aromatic carbocycles. The number of carboxylic acids is 1. The second kappa shape index (κ2) is 5.16. The molecule has 0 fully saturated rings. The highest BCUT2D eigenvalue weighted by molar-refractivity contribution is 6.40. The molecular weight excluding hydrogens is 273 g/mol. The zero-order valence-corrected chi connectivity index (χ0v) is 9.86. The molecule has 0 amide bonds. The van der Waals surface area contributed by atoms with Crippen LogP contribution >= 0.6 is 0 Å². The number of carbonyl (C=O) groups is 2. The Balaban J connectivity index is 2.67. The zero-order valence-electron chi connectivity index (χ0n) is 9.86. The standard InChI is InChI=1S/C14H7F3O3/c15-9-6-8(7-4-2-1-3-5-7)11(16)12(17)10(9)13(18)14(19)20/h1-6H,(H,19,20). The van der Waals surface area contributed by atoms with Crippen molar-refractivity contribution in [1.82, 2.24) is 0 Å². The summed E-state index contributed by atoms with van der Waals surface area (Å²) in [7, 11) is 0. The average Bonchev–Trinajstić information content (AvgIpc) is 2.43. The Morgan fingerprint density at radius 3 is 2.10 bits per heavy atom. The Kier molecular flexibility index (Phi) is 3.56. The molecule has 0 heterocycles. The molecule has 0 radical (unpaired) electrons. The molecule has 0 unspecified atom stereocenters. The van der Waals surface area contributed by atoms with Gasteiger partial charge in [0, 0.05) is 5.56 Å². The van der Waals surface area contributed by atoms with Gasteiger partial charge in [0.25, 0.3) is 5.78 Å². The van der Waals surface area contributed by atoms with Crippen LogP contribution in [0.1, 0.15) is 10.4 Å². The summed E-state index contributed by atoms with van der Waals surface area (Å²) in [6.07, 6.45) is 0. The van der Waals surface area contributed by atoms with Gasteiger partial charge in [-0.25, -0.2) is 18.0 Å². The van der Waals surface area contributed by atoms with E-state index in [9.17, 15) is 22.8 Å². The molecular formula is C14H7F3O3. The molecule has 0 aliphatic carbocycles. The Hall–Kier alpha value is -2.63. The lowest BCUT2D eigenvalue weighted by atomic mass is 10.00. The molecule has 1 N–H and O–H groups in total. The molecule has 0 bridgehead atoms. The Morgan fingerprint density at radius 1 is 0.950 bits per heavy atom. The molecule has 0 atom stereocenters. The number of ketones is 1. The average molecular weight is 280 g/mol. The monoisotopic (exact) mass is 280 g/mol. The van der Waals surface area contributed by atoms with Crippen LogP contribution in [0.4, 0.5) is 13.2 Å². The second-order valence-electron chi connectivity index (χ2n) is 3.91. The predicted molar refractivity (Wildman–Crippen MR) is 63.7 cm³/mol. The van der Waals surface area contributed by atoms with Crippen LogP contribution in [0.2, 0.25) is 0 Å². The summed E-state index contributed by atoms with van der Waals surface area (Å²) in [5, 5.41) is 8.46. The largest absolute Gasteiger partial charge is 0.475 e. The Morgan fingerprint density at radius 2 is 1.55 bits per heavy atom. The third kappa shape index (κ3) is 2.27. The highest BCUT2D eigenvalue weighted by atomic mass is 19.2. The van der Waals surface area contributed by atoms with Crippen molar-refractivity contribution in [2.24, 2.45) is 0 Å². The summed E-state index contributed by atoms with van der Waals surface area (Å²) in [5.74, 6) is -8.60. The third-order valence-corrected chi connectivity index (χ3v) is 2.66. The predicted octanol–water partition coefficient (Wildman–Crippen LogP) is 3.04. The number of carbonyl (C=O) groups excluding carboxylic acids is 1. The van der Waals surface area contributed by atoms with Crippen molar-refractivity contribution in [3.05, 3.63) is 59.4 Å². The summed E-state index contributed by atoms with van der Waals surface area (Å²) < 4.78 is 41.3. The van der Waals surface area contributed by atoms with Gasteiger partial charge in [-0.2, -0.15) is 0 Å². The van der Waals surface area contributed by atoms with Crippen LogP contribution in [-0.4, -0.2) is 16.9 Å². The van der Waals surface area contributed by atoms with Crippen LogP contribution in [-0.2, 0) is 4.79 Å². The van der Waals surface area contributed by atoms with Gasteiger partial charge in [-0.1, -0.05) is 30.3 Å². The van der Waals surface area contributed by atoms with Gasteiger partial charge in [0.15, 0.2) is 11.6 Å². The molecule has 3 nitrogen and oxygen atoms in total. The maximum absolute atomic E-state index is 13.9. The summed E-state index contributed by atoms with van der Waals surface area (Å²) in [5.41, 5.74) is -1.59. The van der Waals surface area contributed by atoms with E-state index in [0.717, 1.165) is 0 Å². The number of Topliss-reactive ketones (excluding diaryl/α,β-unsaturated/α-hetero) is 1. The fourth-order valence-electron chi connectivity index (χ4n) is 1.74. The van der Waals surface area contributed by atoms with E-state index in [1.54, 1.807) is 18.2 Å². The summed E-state index contributed by atoms with van der Waals surface area (Å²) in [6, 6.07) is 8.17. The first kappa shape index (κ1) is 13.8. The minimum Gasteiger partial charge on any atom is -0.475 e. The van der Waals surface area contributed by atoms with Gasteiger partial charge >= 0.3 is 5.97 Å².